The summed E-state index contributed by atoms with van der Waals surface area (Å²) in [5.74, 6) is 0. The lowest BCUT2D eigenvalue weighted by atomic mass is 9.82. The molecule has 1 aliphatic rings. The Morgan fingerprint density at radius 2 is 2.35 bits per heavy atom. The first-order valence-corrected chi connectivity index (χ1v) is 8.71. The van der Waals surface area contributed by atoms with Gasteiger partial charge in [-0.25, -0.2) is 0 Å². The Balaban J connectivity index is 1.98. The smallest absolute Gasteiger partial charge is 0.0613 e. The van der Waals surface area contributed by atoms with Crippen molar-refractivity contribution in [2.24, 2.45) is 0 Å². The lowest BCUT2D eigenvalue weighted by Gasteiger charge is -2.40. The highest BCUT2D eigenvalue weighted by Crippen LogP contribution is 2.38. The van der Waals surface area contributed by atoms with Gasteiger partial charge in [0.2, 0.25) is 0 Å². The maximum absolute atomic E-state index is 9.80. The van der Waals surface area contributed by atoms with Crippen LogP contribution >= 0.6 is 23.4 Å². The van der Waals surface area contributed by atoms with Crippen LogP contribution in [0.5, 0.6) is 0 Å². The first kappa shape index (κ1) is 16.2. The molecule has 2 atom stereocenters. The third kappa shape index (κ3) is 4.39. The summed E-state index contributed by atoms with van der Waals surface area (Å²) in [6.45, 7) is 3.38. The van der Waals surface area contributed by atoms with Gasteiger partial charge in [-0.1, -0.05) is 31.0 Å². The van der Waals surface area contributed by atoms with Crippen LogP contribution in [0.15, 0.2) is 29.2 Å². The van der Waals surface area contributed by atoms with Gasteiger partial charge >= 0.3 is 0 Å². The molecule has 0 heterocycles. The molecule has 2 unspecified atom stereocenters. The molecule has 0 bridgehead atoms. The zero-order valence-electron chi connectivity index (χ0n) is 12.1. The van der Waals surface area contributed by atoms with Crippen LogP contribution in [-0.4, -0.2) is 29.0 Å². The van der Waals surface area contributed by atoms with E-state index in [1.807, 2.05) is 30.0 Å². The van der Waals surface area contributed by atoms with Crippen LogP contribution in [0.3, 0.4) is 0 Å². The number of nitrogens with one attached hydrogen (secondary N) is 1. The van der Waals surface area contributed by atoms with Crippen molar-refractivity contribution in [2.45, 2.75) is 54.7 Å². The molecule has 0 saturated heterocycles. The number of hydrogen-bond donors (Lipinski definition) is 2. The Bertz CT molecular complexity index is 429. The Hall–Kier alpha value is -0.220. The molecule has 0 aromatic heterocycles. The topological polar surface area (TPSA) is 32.3 Å². The summed E-state index contributed by atoms with van der Waals surface area (Å²) in [5, 5.41) is 14.7. The van der Waals surface area contributed by atoms with Crippen LogP contribution in [0.1, 0.15) is 39.0 Å². The molecule has 0 spiro atoms. The largest absolute Gasteiger partial charge is 0.394 e. The quantitative estimate of drug-likeness (QED) is 0.829. The second-order valence-electron chi connectivity index (χ2n) is 5.66. The SMILES string of the molecule is CCCNC1(CO)CCCC(Sc2cccc(Cl)c2)C1. The van der Waals surface area contributed by atoms with Gasteiger partial charge in [-0.05, 0) is 50.4 Å². The summed E-state index contributed by atoms with van der Waals surface area (Å²) in [6, 6.07) is 8.06. The van der Waals surface area contributed by atoms with Gasteiger partial charge in [0.05, 0.1) is 6.61 Å². The van der Waals surface area contributed by atoms with E-state index in [0.717, 1.165) is 30.8 Å². The van der Waals surface area contributed by atoms with Gasteiger partial charge in [-0.15, -0.1) is 11.8 Å². The molecule has 1 aromatic carbocycles. The molecule has 4 heteroatoms. The molecule has 0 amide bonds. The highest BCUT2D eigenvalue weighted by atomic mass is 35.5. The van der Waals surface area contributed by atoms with E-state index < -0.39 is 0 Å². The lowest BCUT2D eigenvalue weighted by Crippen LogP contribution is -2.52. The Morgan fingerprint density at radius 3 is 3.05 bits per heavy atom. The van der Waals surface area contributed by atoms with Crippen molar-refractivity contribution in [3.05, 3.63) is 29.3 Å². The van der Waals surface area contributed by atoms with Gasteiger partial charge in [-0.3, -0.25) is 0 Å². The molecular weight excluding hydrogens is 290 g/mol. The summed E-state index contributed by atoms with van der Waals surface area (Å²) >= 11 is 7.94. The summed E-state index contributed by atoms with van der Waals surface area (Å²) in [5.41, 5.74) is -0.0789. The first-order valence-electron chi connectivity index (χ1n) is 7.45. The van der Waals surface area contributed by atoms with E-state index in [1.165, 1.54) is 17.7 Å². The normalized spacial score (nSPS) is 26.6. The van der Waals surface area contributed by atoms with Crippen molar-refractivity contribution < 1.29 is 5.11 Å². The zero-order valence-corrected chi connectivity index (χ0v) is 13.6. The van der Waals surface area contributed by atoms with Gasteiger partial charge in [-0.2, -0.15) is 0 Å². The average molecular weight is 314 g/mol. The van der Waals surface area contributed by atoms with Gasteiger partial charge in [0, 0.05) is 20.7 Å². The molecule has 0 aliphatic heterocycles. The molecule has 2 rings (SSSR count). The average Bonchev–Trinajstić information content (AvgIpc) is 2.45. The van der Waals surface area contributed by atoms with Crippen LogP contribution in [0.2, 0.25) is 5.02 Å². The van der Waals surface area contributed by atoms with E-state index in [1.54, 1.807) is 0 Å². The number of aliphatic hydroxyl groups excluding tert-OH is 1. The van der Waals surface area contributed by atoms with Crippen LogP contribution in [0.25, 0.3) is 0 Å². The fraction of sp³-hybridized carbons (Fsp3) is 0.625. The van der Waals surface area contributed by atoms with Crippen molar-refractivity contribution >= 4 is 23.4 Å². The second kappa shape index (κ2) is 7.69. The van der Waals surface area contributed by atoms with E-state index in [0.29, 0.717) is 5.25 Å². The van der Waals surface area contributed by atoms with Crippen molar-refractivity contribution in [2.75, 3.05) is 13.2 Å². The van der Waals surface area contributed by atoms with Crippen LogP contribution in [0.4, 0.5) is 0 Å². The first-order chi connectivity index (χ1) is 9.67. The minimum absolute atomic E-state index is 0.0789. The molecule has 1 fully saturated rings. The third-order valence-electron chi connectivity index (χ3n) is 3.95. The molecule has 20 heavy (non-hydrogen) atoms. The highest BCUT2D eigenvalue weighted by Gasteiger charge is 2.35. The number of thioether (sulfide) groups is 1. The monoisotopic (exact) mass is 313 g/mol. The maximum atomic E-state index is 9.80. The Morgan fingerprint density at radius 1 is 1.50 bits per heavy atom. The van der Waals surface area contributed by atoms with Gasteiger partial charge in [0.1, 0.15) is 0 Å². The van der Waals surface area contributed by atoms with Gasteiger partial charge in [0.15, 0.2) is 0 Å². The van der Waals surface area contributed by atoms with Crippen LogP contribution in [0, 0.1) is 0 Å². The lowest BCUT2D eigenvalue weighted by molar-refractivity contribution is 0.124. The zero-order chi connectivity index (χ0) is 14.4. The Labute approximate surface area is 131 Å². The van der Waals surface area contributed by atoms with Crippen LogP contribution < -0.4 is 5.32 Å². The van der Waals surface area contributed by atoms with Crippen LogP contribution in [-0.2, 0) is 0 Å². The number of aliphatic hydroxyl groups is 1. The summed E-state index contributed by atoms with van der Waals surface area (Å²) in [4.78, 5) is 1.23. The van der Waals surface area contributed by atoms with E-state index in [4.69, 9.17) is 11.6 Å². The molecule has 2 nitrogen and oxygen atoms in total. The molecule has 112 valence electrons. The summed E-state index contributed by atoms with van der Waals surface area (Å²) in [6.07, 6.45) is 5.60. The fourth-order valence-corrected chi connectivity index (χ4v) is 4.57. The maximum Gasteiger partial charge on any atom is 0.0613 e. The fourth-order valence-electron chi connectivity index (χ4n) is 2.89. The van der Waals surface area contributed by atoms with Crippen molar-refractivity contribution in [1.29, 1.82) is 0 Å². The summed E-state index contributed by atoms with van der Waals surface area (Å²) < 4.78 is 0. The Kier molecular flexibility index (Phi) is 6.21. The molecule has 0 radical (unpaired) electrons. The molecule has 2 N–H and O–H groups in total. The van der Waals surface area contributed by atoms with Crippen molar-refractivity contribution in [3.8, 4) is 0 Å². The van der Waals surface area contributed by atoms with Gasteiger partial charge < -0.3 is 10.4 Å². The number of benzene rings is 1. The summed E-state index contributed by atoms with van der Waals surface area (Å²) in [7, 11) is 0. The number of rotatable bonds is 6. The number of hydrogen-bond acceptors (Lipinski definition) is 3. The molecule has 1 aliphatic carbocycles. The highest BCUT2D eigenvalue weighted by molar-refractivity contribution is 8.00. The standard InChI is InChI=1S/C16H24ClNOS/c1-2-9-18-16(12-19)8-4-7-15(11-16)20-14-6-3-5-13(17)10-14/h3,5-6,10,15,18-19H,2,4,7-9,11-12H2,1H3. The number of halogens is 1. The van der Waals surface area contributed by atoms with E-state index in [-0.39, 0.29) is 12.1 Å². The third-order valence-corrected chi connectivity index (χ3v) is 5.45. The van der Waals surface area contributed by atoms with Crippen molar-refractivity contribution in [1.82, 2.24) is 5.32 Å². The predicted octanol–water partition coefficient (Wildman–Crippen LogP) is 4.11. The predicted molar refractivity (Wildman–Crippen MR) is 87.7 cm³/mol. The molecular formula is C16H24ClNOS. The van der Waals surface area contributed by atoms with Crippen molar-refractivity contribution in [3.63, 3.8) is 0 Å². The minimum atomic E-state index is -0.0789. The van der Waals surface area contributed by atoms with E-state index in [9.17, 15) is 5.11 Å². The van der Waals surface area contributed by atoms with Gasteiger partial charge in [0.25, 0.3) is 0 Å². The molecule has 1 saturated carbocycles. The minimum Gasteiger partial charge on any atom is -0.394 e. The van der Waals surface area contributed by atoms with E-state index >= 15 is 0 Å². The molecule has 1 aromatic rings. The van der Waals surface area contributed by atoms with E-state index in [2.05, 4.69) is 18.3 Å². The second-order valence-corrected chi connectivity index (χ2v) is 7.47.